The van der Waals surface area contributed by atoms with E-state index in [0.29, 0.717) is 43.8 Å². The van der Waals surface area contributed by atoms with Crippen LogP contribution in [0.1, 0.15) is 31.7 Å². The minimum atomic E-state index is -0.755. The summed E-state index contributed by atoms with van der Waals surface area (Å²) in [4.78, 5) is 29.5. The first-order valence-electron chi connectivity index (χ1n) is 12.5. The summed E-state index contributed by atoms with van der Waals surface area (Å²) < 4.78 is 5.93. The van der Waals surface area contributed by atoms with E-state index in [1.807, 2.05) is 73.5 Å². The van der Waals surface area contributed by atoms with Crippen LogP contribution in [0.2, 0.25) is 0 Å². The van der Waals surface area contributed by atoms with Crippen molar-refractivity contribution < 1.29 is 14.6 Å². The zero-order valence-electron chi connectivity index (χ0n) is 20.9. The second-order valence-electron chi connectivity index (χ2n) is 9.01. The second-order valence-corrected chi connectivity index (χ2v) is 9.01. The minimum absolute atomic E-state index is 0.363. The van der Waals surface area contributed by atoms with Gasteiger partial charge in [0.15, 0.2) is 0 Å². The third-order valence-corrected chi connectivity index (χ3v) is 6.31. The third-order valence-electron chi connectivity index (χ3n) is 6.31. The van der Waals surface area contributed by atoms with Crippen LogP contribution in [0.4, 0.5) is 23.5 Å². The van der Waals surface area contributed by atoms with Gasteiger partial charge in [-0.1, -0.05) is 37.3 Å². The Morgan fingerprint density at radius 3 is 2.47 bits per heavy atom. The number of rotatable bonds is 12. The van der Waals surface area contributed by atoms with Crippen molar-refractivity contribution in [2.75, 3.05) is 48.4 Å². The van der Waals surface area contributed by atoms with E-state index < -0.39 is 5.97 Å². The predicted molar refractivity (Wildman–Crippen MR) is 141 cm³/mol. The number of nitrogens with zero attached hydrogens (tertiary/aromatic N) is 5. The number of hydrogen-bond acceptors (Lipinski definition) is 8. The first kappa shape index (κ1) is 25.2. The summed E-state index contributed by atoms with van der Waals surface area (Å²) in [6, 6.07) is 17.5. The highest BCUT2D eigenvalue weighted by Gasteiger charge is 2.19. The van der Waals surface area contributed by atoms with Gasteiger partial charge in [0, 0.05) is 25.8 Å². The highest BCUT2D eigenvalue weighted by Crippen LogP contribution is 2.22. The molecule has 36 heavy (non-hydrogen) atoms. The van der Waals surface area contributed by atoms with Crippen LogP contribution >= 0.6 is 0 Å². The fourth-order valence-corrected chi connectivity index (χ4v) is 4.10. The maximum atomic E-state index is 11.3. The molecule has 2 N–H and O–H groups in total. The van der Waals surface area contributed by atoms with Crippen molar-refractivity contribution >= 4 is 29.5 Å². The number of carbonyl (C=O) groups is 1. The number of benzene rings is 2. The quantitative estimate of drug-likeness (QED) is 0.383. The molecule has 2 heterocycles. The molecule has 0 spiro atoms. The van der Waals surface area contributed by atoms with Gasteiger partial charge in [-0.05, 0) is 55.5 Å². The second kappa shape index (κ2) is 12.2. The zero-order valence-corrected chi connectivity index (χ0v) is 20.9. The molecule has 1 fully saturated rings. The van der Waals surface area contributed by atoms with Gasteiger partial charge < -0.3 is 25.0 Å². The topological polar surface area (TPSA) is 104 Å². The molecule has 9 heteroatoms. The van der Waals surface area contributed by atoms with Crippen molar-refractivity contribution in [3.8, 4) is 5.75 Å². The van der Waals surface area contributed by atoms with Gasteiger partial charge >= 0.3 is 5.97 Å². The fraction of sp³-hybridized carbons (Fsp3) is 0.407. The molecule has 0 saturated carbocycles. The van der Waals surface area contributed by atoms with E-state index in [1.165, 1.54) is 0 Å². The van der Waals surface area contributed by atoms with Crippen LogP contribution in [0, 0.1) is 5.92 Å². The molecule has 0 amide bonds. The number of ether oxygens (including phenoxy) is 1. The zero-order chi connectivity index (χ0) is 25.3. The van der Waals surface area contributed by atoms with Crippen LogP contribution < -0.4 is 19.9 Å². The number of nitrogens with one attached hydrogen (secondary N) is 1. The van der Waals surface area contributed by atoms with Gasteiger partial charge in [-0.3, -0.25) is 4.79 Å². The number of aliphatic carboxylic acids is 1. The van der Waals surface area contributed by atoms with Crippen molar-refractivity contribution in [2.24, 2.45) is 5.92 Å². The summed E-state index contributed by atoms with van der Waals surface area (Å²) in [5.74, 6) is 1.42. The van der Waals surface area contributed by atoms with Crippen LogP contribution in [-0.2, 0) is 11.2 Å². The van der Waals surface area contributed by atoms with E-state index in [2.05, 4.69) is 20.2 Å². The van der Waals surface area contributed by atoms with Crippen LogP contribution in [0.25, 0.3) is 0 Å². The fourth-order valence-electron chi connectivity index (χ4n) is 4.10. The van der Waals surface area contributed by atoms with Gasteiger partial charge in [-0.2, -0.15) is 15.0 Å². The lowest BCUT2D eigenvalue weighted by Crippen LogP contribution is -2.28. The summed E-state index contributed by atoms with van der Waals surface area (Å²) in [6.07, 6.45) is 3.41. The van der Waals surface area contributed by atoms with E-state index in [0.717, 1.165) is 42.9 Å². The normalized spacial score (nSPS) is 13.9. The number of carboxylic acid groups (broad SMARTS) is 1. The summed E-state index contributed by atoms with van der Waals surface area (Å²) >= 11 is 0. The van der Waals surface area contributed by atoms with Gasteiger partial charge in [-0.15, -0.1) is 0 Å². The summed E-state index contributed by atoms with van der Waals surface area (Å²) in [5.41, 5.74) is 1.91. The summed E-state index contributed by atoms with van der Waals surface area (Å²) in [7, 11) is 1.94. The third kappa shape index (κ3) is 6.84. The number of likely N-dealkylation sites (N-methyl/N-ethyl adjacent to an activating group) is 1. The van der Waals surface area contributed by atoms with E-state index in [9.17, 15) is 9.90 Å². The van der Waals surface area contributed by atoms with Crippen molar-refractivity contribution in [2.45, 2.75) is 32.6 Å². The highest BCUT2D eigenvalue weighted by molar-refractivity contribution is 5.70. The smallest absolute Gasteiger partial charge is 0.306 e. The van der Waals surface area contributed by atoms with Crippen LogP contribution in [0.3, 0.4) is 0 Å². The number of hydrogen-bond donors (Lipinski definition) is 2. The van der Waals surface area contributed by atoms with E-state index in [4.69, 9.17) is 9.72 Å². The molecule has 4 rings (SSSR count). The Morgan fingerprint density at radius 1 is 1.08 bits per heavy atom. The largest absolute Gasteiger partial charge is 0.492 e. The van der Waals surface area contributed by atoms with Crippen molar-refractivity contribution in [1.29, 1.82) is 0 Å². The molecule has 1 aromatic heterocycles. The van der Waals surface area contributed by atoms with Gasteiger partial charge in [0.25, 0.3) is 0 Å². The lowest BCUT2D eigenvalue weighted by molar-refractivity contribution is -0.141. The predicted octanol–water partition coefficient (Wildman–Crippen LogP) is 4.38. The lowest BCUT2D eigenvalue weighted by Gasteiger charge is -2.21. The molecule has 1 aliphatic rings. The molecule has 0 radical (unpaired) electrons. The van der Waals surface area contributed by atoms with Gasteiger partial charge in [0.05, 0.1) is 12.5 Å². The molecule has 9 nitrogen and oxygen atoms in total. The Bertz CT molecular complexity index is 1120. The summed E-state index contributed by atoms with van der Waals surface area (Å²) in [6.45, 7) is 4.83. The summed E-state index contributed by atoms with van der Waals surface area (Å²) in [5, 5.41) is 12.6. The van der Waals surface area contributed by atoms with E-state index >= 15 is 0 Å². The number of carboxylic acids is 1. The molecule has 0 aliphatic carbocycles. The number of aromatic nitrogens is 3. The Morgan fingerprint density at radius 2 is 1.81 bits per heavy atom. The first-order chi connectivity index (χ1) is 17.5. The SMILES string of the molecule is CCC(Cc1ccc(OCCN(C)c2nc(Nc3ccccc3)nc(N3CCCC3)n2)cc1)C(=O)O. The van der Waals surface area contributed by atoms with Gasteiger partial charge in [-0.25, -0.2) is 0 Å². The van der Waals surface area contributed by atoms with E-state index in [-0.39, 0.29) is 5.92 Å². The Balaban J connectivity index is 1.38. The molecule has 3 aromatic rings. The van der Waals surface area contributed by atoms with Crippen molar-refractivity contribution in [1.82, 2.24) is 15.0 Å². The van der Waals surface area contributed by atoms with Gasteiger partial charge in [0.2, 0.25) is 17.8 Å². The van der Waals surface area contributed by atoms with Gasteiger partial charge in [0.1, 0.15) is 12.4 Å². The lowest BCUT2D eigenvalue weighted by atomic mass is 9.97. The van der Waals surface area contributed by atoms with Crippen LogP contribution in [0.15, 0.2) is 54.6 Å². The highest BCUT2D eigenvalue weighted by atomic mass is 16.5. The maximum absolute atomic E-state index is 11.3. The number of para-hydroxylation sites is 1. The first-order valence-corrected chi connectivity index (χ1v) is 12.5. The molecule has 1 atom stereocenters. The van der Waals surface area contributed by atoms with Crippen LogP contribution in [0.5, 0.6) is 5.75 Å². The average molecular weight is 491 g/mol. The molecule has 2 aromatic carbocycles. The molecular formula is C27H34N6O3. The van der Waals surface area contributed by atoms with Crippen molar-refractivity contribution in [3.05, 3.63) is 60.2 Å². The monoisotopic (exact) mass is 490 g/mol. The number of anilines is 4. The van der Waals surface area contributed by atoms with E-state index in [1.54, 1.807) is 0 Å². The Hall–Kier alpha value is -3.88. The molecular weight excluding hydrogens is 456 g/mol. The standard InChI is InChI=1S/C27H34N6O3/c1-3-21(24(34)35)19-20-11-13-23(14-12-20)36-18-17-32(2)26-29-25(28-22-9-5-4-6-10-22)30-27(31-26)33-15-7-8-16-33/h4-6,9-14,21H,3,7-8,15-19H2,1-2H3,(H,34,35)(H,28,29,30,31). The van der Waals surface area contributed by atoms with Crippen LogP contribution in [-0.4, -0.2) is 59.3 Å². The Labute approximate surface area is 212 Å². The molecule has 1 saturated heterocycles. The molecule has 1 unspecified atom stereocenters. The van der Waals surface area contributed by atoms with Crippen molar-refractivity contribution in [3.63, 3.8) is 0 Å². The molecule has 0 bridgehead atoms. The maximum Gasteiger partial charge on any atom is 0.306 e. The molecule has 1 aliphatic heterocycles. The Kier molecular flexibility index (Phi) is 8.54. The molecule has 190 valence electrons. The average Bonchev–Trinajstić information content (AvgIpc) is 3.43. The minimum Gasteiger partial charge on any atom is -0.492 e.